The number of thiophene rings is 1. The molecule has 162 valence electrons. The Kier molecular flexibility index (Phi) is 5.45. The number of morpholine rings is 1. The number of aryl methyl sites for hydroxylation is 2. The molecule has 2 aliphatic heterocycles. The van der Waals surface area contributed by atoms with Gasteiger partial charge in [0, 0.05) is 26.1 Å². The lowest BCUT2D eigenvalue weighted by atomic mass is 10.2. The normalized spacial score (nSPS) is 16.7. The highest BCUT2D eigenvalue weighted by Gasteiger charge is 2.22. The average Bonchev–Trinajstić information content (AvgIpc) is 2.96. The fourth-order valence-electron chi connectivity index (χ4n) is 4.25. The molecule has 5 rings (SSSR count). The molecular formula is C22H25N5O3S. The maximum absolute atomic E-state index is 13.1. The number of hydrogen-bond donors (Lipinski definition) is 1. The second-order valence-electron chi connectivity index (χ2n) is 7.99. The molecular weight excluding hydrogens is 414 g/mol. The first-order chi connectivity index (χ1) is 15.1. The van der Waals surface area contributed by atoms with E-state index in [0.29, 0.717) is 46.1 Å². The summed E-state index contributed by atoms with van der Waals surface area (Å²) in [7, 11) is 0. The van der Waals surface area contributed by atoms with Gasteiger partial charge in [0.15, 0.2) is 0 Å². The first kappa shape index (κ1) is 20.1. The molecule has 0 aromatic carbocycles. The summed E-state index contributed by atoms with van der Waals surface area (Å²) in [6.07, 6.45) is 5.63. The Bertz CT molecular complexity index is 1180. The van der Waals surface area contributed by atoms with Gasteiger partial charge in [-0.3, -0.25) is 14.2 Å². The van der Waals surface area contributed by atoms with Gasteiger partial charge in [0.2, 0.25) is 0 Å². The number of pyridine rings is 1. The maximum Gasteiger partial charge on any atom is 0.266 e. The van der Waals surface area contributed by atoms with Crippen molar-refractivity contribution in [2.75, 3.05) is 36.5 Å². The van der Waals surface area contributed by atoms with E-state index in [2.05, 4.69) is 15.2 Å². The van der Waals surface area contributed by atoms with Crippen molar-refractivity contribution in [3.63, 3.8) is 0 Å². The molecule has 0 aliphatic carbocycles. The van der Waals surface area contributed by atoms with Crippen molar-refractivity contribution in [1.82, 2.24) is 14.5 Å². The van der Waals surface area contributed by atoms with E-state index in [0.717, 1.165) is 50.4 Å². The zero-order chi connectivity index (χ0) is 21.4. The minimum atomic E-state index is -0.235. The van der Waals surface area contributed by atoms with Crippen molar-refractivity contribution in [3.8, 4) is 0 Å². The molecule has 0 atom stereocenters. The first-order valence-corrected chi connectivity index (χ1v) is 11.6. The van der Waals surface area contributed by atoms with Crippen LogP contribution in [0.15, 0.2) is 23.1 Å². The average molecular weight is 440 g/mol. The molecule has 1 fully saturated rings. The van der Waals surface area contributed by atoms with Crippen molar-refractivity contribution < 1.29 is 9.53 Å². The Balaban J connectivity index is 1.40. The zero-order valence-corrected chi connectivity index (χ0v) is 18.3. The molecule has 5 heterocycles. The summed E-state index contributed by atoms with van der Waals surface area (Å²) in [4.78, 5) is 38.7. The minimum absolute atomic E-state index is 0.0220. The lowest BCUT2D eigenvalue weighted by Crippen LogP contribution is -2.36. The van der Waals surface area contributed by atoms with E-state index in [4.69, 9.17) is 9.72 Å². The predicted molar refractivity (Wildman–Crippen MR) is 121 cm³/mol. The second kappa shape index (κ2) is 8.39. The van der Waals surface area contributed by atoms with Gasteiger partial charge < -0.3 is 15.0 Å². The van der Waals surface area contributed by atoms with E-state index in [1.807, 2.05) is 19.1 Å². The number of rotatable bonds is 3. The smallest absolute Gasteiger partial charge is 0.266 e. The highest BCUT2D eigenvalue weighted by Crippen LogP contribution is 2.29. The monoisotopic (exact) mass is 439 g/mol. The third kappa shape index (κ3) is 3.83. The van der Waals surface area contributed by atoms with E-state index in [9.17, 15) is 9.59 Å². The van der Waals surface area contributed by atoms with Crippen LogP contribution in [0.5, 0.6) is 0 Å². The fraction of sp³-hybridized carbons (Fsp3) is 0.455. The Labute approximate surface area is 183 Å². The van der Waals surface area contributed by atoms with Gasteiger partial charge in [-0.05, 0) is 37.5 Å². The highest BCUT2D eigenvalue weighted by atomic mass is 32.1. The van der Waals surface area contributed by atoms with Gasteiger partial charge in [0.05, 0.1) is 35.4 Å². The number of ether oxygens (including phenoxy) is 1. The Morgan fingerprint density at radius 3 is 2.77 bits per heavy atom. The van der Waals surface area contributed by atoms with Crippen LogP contribution in [0.2, 0.25) is 0 Å². The fourth-order valence-corrected chi connectivity index (χ4v) is 5.34. The van der Waals surface area contributed by atoms with Crippen molar-refractivity contribution >= 4 is 39.0 Å². The third-order valence-corrected chi connectivity index (χ3v) is 7.14. The van der Waals surface area contributed by atoms with Gasteiger partial charge in [-0.25, -0.2) is 9.97 Å². The predicted octanol–water partition coefficient (Wildman–Crippen LogP) is 2.98. The molecule has 3 aromatic heterocycles. The minimum Gasteiger partial charge on any atom is -0.378 e. The van der Waals surface area contributed by atoms with Gasteiger partial charge in [-0.1, -0.05) is 6.42 Å². The molecule has 0 unspecified atom stereocenters. The number of nitrogens with one attached hydrogen (secondary N) is 1. The van der Waals surface area contributed by atoms with Crippen LogP contribution in [0.4, 0.5) is 11.5 Å². The van der Waals surface area contributed by atoms with Crippen LogP contribution in [0.1, 0.15) is 40.3 Å². The van der Waals surface area contributed by atoms with Crippen molar-refractivity contribution in [1.29, 1.82) is 0 Å². The molecule has 1 amide bonds. The molecule has 0 spiro atoms. The summed E-state index contributed by atoms with van der Waals surface area (Å²) in [6.45, 7) is 5.55. The number of aromatic nitrogens is 3. The van der Waals surface area contributed by atoms with Crippen LogP contribution in [-0.2, 0) is 17.7 Å². The van der Waals surface area contributed by atoms with Crippen LogP contribution in [-0.4, -0.2) is 46.7 Å². The molecule has 0 saturated carbocycles. The summed E-state index contributed by atoms with van der Waals surface area (Å²) < 4.78 is 7.17. The topological polar surface area (TPSA) is 89.3 Å². The van der Waals surface area contributed by atoms with E-state index >= 15 is 0 Å². The van der Waals surface area contributed by atoms with Crippen LogP contribution in [0.25, 0.3) is 10.2 Å². The molecule has 8 nitrogen and oxygen atoms in total. The summed E-state index contributed by atoms with van der Waals surface area (Å²) >= 11 is 1.29. The molecule has 3 aromatic rings. The van der Waals surface area contributed by atoms with E-state index in [-0.39, 0.29) is 11.5 Å². The summed E-state index contributed by atoms with van der Waals surface area (Å²) in [5.74, 6) is 1.48. The van der Waals surface area contributed by atoms with Gasteiger partial charge in [-0.15, -0.1) is 11.3 Å². The zero-order valence-electron chi connectivity index (χ0n) is 17.5. The van der Waals surface area contributed by atoms with Crippen molar-refractivity contribution in [2.24, 2.45) is 0 Å². The number of hydrogen-bond acceptors (Lipinski definition) is 7. The van der Waals surface area contributed by atoms with Crippen molar-refractivity contribution in [2.45, 2.75) is 39.2 Å². The molecule has 0 radical (unpaired) electrons. The molecule has 9 heteroatoms. The Hall–Kier alpha value is -2.78. The lowest BCUT2D eigenvalue weighted by Gasteiger charge is -2.27. The second-order valence-corrected chi connectivity index (χ2v) is 8.99. The molecule has 0 bridgehead atoms. The number of carbonyl (C=O) groups is 1. The van der Waals surface area contributed by atoms with E-state index in [1.165, 1.54) is 11.3 Å². The number of amides is 1. The van der Waals surface area contributed by atoms with Gasteiger partial charge in [-0.2, -0.15) is 0 Å². The van der Waals surface area contributed by atoms with Gasteiger partial charge in [0.25, 0.3) is 11.5 Å². The number of carbonyl (C=O) groups excluding carboxylic acids is 1. The van der Waals surface area contributed by atoms with E-state index < -0.39 is 0 Å². The summed E-state index contributed by atoms with van der Waals surface area (Å²) in [6, 6.07) is 3.76. The summed E-state index contributed by atoms with van der Waals surface area (Å²) in [5.41, 5.74) is 1.30. The molecule has 1 saturated heterocycles. The van der Waals surface area contributed by atoms with E-state index in [1.54, 1.807) is 10.8 Å². The maximum atomic E-state index is 13.1. The highest BCUT2D eigenvalue weighted by molar-refractivity contribution is 7.20. The number of nitrogens with zero attached hydrogens (tertiary/aromatic N) is 4. The molecule has 1 N–H and O–H groups in total. The van der Waals surface area contributed by atoms with Gasteiger partial charge in [0.1, 0.15) is 16.5 Å². The van der Waals surface area contributed by atoms with Gasteiger partial charge >= 0.3 is 0 Å². The van der Waals surface area contributed by atoms with Crippen LogP contribution < -0.4 is 15.8 Å². The van der Waals surface area contributed by atoms with Crippen LogP contribution in [0, 0.1) is 6.92 Å². The quantitative estimate of drug-likeness (QED) is 0.675. The first-order valence-electron chi connectivity index (χ1n) is 10.7. The largest absolute Gasteiger partial charge is 0.378 e. The SMILES string of the molecule is Cc1c(C(=O)Nc2ccc(N3CCOCC3)nc2)sc2nc3n(c(=O)c12)CCCCC3. The summed E-state index contributed by atoms with van der Waals surface area (Å²) in [5, 5.41) is 3.49. The van der Waals surface area contributed by atoms with Crippen LogP contribution >= 0.6 is 11.3 Å². The van der Waals surface area contributed by atoms with Crippen molar-refractivity contribution in [3.05, 3.63) is 44.9 Å². The Morgan fingerprint density at radius 2 is 2.00 bits per heavy atom. The third-order valence-electron chi connectivity index (χ3n) is 5.96. The molecule has 2 aliphatic rings. The standard InChI is InChI=1S/C22H25N5O3S/c1-14-18-21(25-17-5-3-2-4-8-27(17)22(18)29)31-19(14)20(28)24-15-6-7-16(23-13-15)26-9-11-30-12-10-26/h6-7,13H,2-5,8-12H2,1H3,(H,24,28). The Morgan fingerprint density at radius 1 is 1.16 bits per heavy atom. The number of fused-ring (bicyclic) bond motifs is 2. The lowest BCUT2D eigenvalue weighted by molar-refractivity contribution is 0.103. The number of anilines is 2. The van der Waals surface area contributed by atoms with Crippen LogP contribution in [0.3, 0.4) is 0 Å². The molecule has 31 heavy (non-hydrogen) atoms.